The Bertz CT molecular complexity index is 967. The van der Waals surface area contributed by atoms with Gasteiger partial charge in [0.2, 0.25) is 11.3 Å². The lowest BCUT2D eigenvalue weighted by atomic mass is 10.3. The summed E-state index contributed by atoms with van der Waals surface area (Å²) in [7, 11) is 0. The Labute approximate surface area is 140 Å². The second-order valence-electron chi connectivity index (χ2n) is 5.18. The van der Waals surface area contributed by atoms with Gasteiger partial charge < -0.3 is 20.8 Å². The number of hydrogen-bond donors (Lipinski definition) is 4. The summed E-state index contributed by atoms with van der Waals surface area (Å²) in [5.41, 5.74) is 1.71. The Hall–Kier alpha value is -3.88. The second kappa shape index (κ2) is 5.96. The van der Waals surface area contributed by atoms with Gasteiger partial charge in [-0.2, -0.15) is 0 Å². The Balaban J connectivity index is 1.75. The van der Waals surface area contributed by atoms with Crippen molar-refractivity contribution in [3.8, 4) is 11.5 Å². The molecule has 25 heavy (non-hydrogen) atoms. The first-order valence-corrected chi connectivity index (χ1v) is 7.30. The van der Waals surface area contributed by atoms with E-state index in [2.05, 4.69) is 35.5 Å². The number of phenols is 2. The predicted octanol–water partition coefficient (Wildman–Crippen LogP) is 2.91. The van der Waals surface area contributed by atoms with Crippen molar-refractivity contribution in [2.24, 2.45) is 0 Å². The van der Waals surface area contributed by atoms with Crippen molar-refractivity contribution in [1.82, 2.24) is 20.3 Å². The molecule has 0 atom stereocenters. The van der Waals surface area contributed by atoms with Crippen LogP contribution in [-0.2, 0) is 0 Å². The minimum absolute atomic E-state index is 0.115. The van der Waals surface area contributed by atoms with E-state index in [1.165, 1.54) is 0 Å². The minimum atomic E-state index is 0.115. The standard InChI is InChI=1S/C16H12N6O3/c23-11-5-1-3-9(7-11)17-13-14(18-10-4-2-6-12(24)8-10)20-16-15(19-13)21-25-22-16/h1-8,23-24H,(H,17,19,21)(H,18,20,22). The van der Waals surface area contributed by atoms with Crippen LogP contribution in [0.3, 0.4) is 0 Å². The molecule has 0 aliphatic rings. The van der Waals surface area contributed by atoms with E-state index in [1.807, 2.05) is 0 Å². The van der Waals surface area contributed by atoms with Crippen LogP contribution in [0.5, 0.6) is 11.5 Å². The zero-order valence-electron chi connectivity index (χ0n) is 12.7. The molecule has 0 aliphatic carbocycles. The van der Waals surface area contributed by atoms with Gasteiger partial charge in [-0.1, -0.05) is 12.1 Å². The highest BCUT2D eigenvalue weighted by molar-refractivity contribution is 5.79. The molecule has 0 fully saturated rings. The van der Waals surface area contributed by atoms with Crippen LogP contribution < -0.4 is 10.6 Å². The van der Waals surface area contributed by atoms with Crippen molar-refractivity contribution in [2.45, 2.75) is 0 Å². The van der Waals surface area contributed by atoms with Crippen LogP contribution in [0.15, 0.2) is 53.2 Å². The van der Waals surface area contributed by atoms with Crippen LogP contribution in [0.4, 0.5) is 23.0 Å². The number of fused-ring (bicyclic) bond motifs is 1. The SMILES string of the molecule is Oc1cccc(Nc2nc3nonc3nc2Nc2cccc(O)c2)c1. The summed E-state index contributed by atoms with van der Waals surface area (Å²) in [6, 6.07) is 13.2. The Morgan fingerprint density at radius 3 is 1.64 bits per heavy atom. The number of nitrogens with zero attached hydrogens (tertiary/aromatic N) is 4. The van der Waals surface area contributed by atoms with E-state index in [0.29, 0.717) is 23.0 Å². The van der Waals surface area contributed by atoms with Crippen molar-refractivity contribution in [1.29, 1.82) is 0 Å². The molecular formula is C16H12N6O3. The maximum absolute atomic E-state index is 9.61. The van der Waals surface area contributed by atoms with Gasteiger partial charge in [0, 0.05) is 23.5 Å². The summed E-state index contributed by atoms with van der Waals surface area (Å²) >= 11 is 0. The summed E-state index contributed by atoms with van der Waals surface area (Å²) in [6.45, 7) is 0. The number of rotatable bonds is 4. The predicted molar refractivity (Wildman–Crippen MR) is 90.2 cm³/mol. The molecule has 0 radical (unpaired) electrons. The first-order chi connectivity index (χ1) is 12.2. The highest BCUT2D eigenvalue weighted by atomic mass is 16.6. The van der Waals surface area contributed by atoms with E-state index >= 15 is 0 Å². The van der Waals surface area contributed by atoms with Gasteiger partial charge >= 0.3 is 0 Å². The van der Waals surface area contributed by atoms with Crippen molar-refractivity contribution in [3.63, 3.8) is 0 Å². The summed E-state index contributed by atoms with van der Waals surface area (Å²) in [4.78, 5) is 8.66. The normalized spacial score (nSPS) is 10.7. The molecular weight excluding hydrogens is 324 g/mol. The zero-order valence-corrected chi connectivity index (χ0v) is 12.7. The van der Waals surface area contributed by atoms with Gasteiger partial charge in [0.1, 0.15) is 11.5 Å². The second-order valence-corrected chi connectivity index (χ2v) is 5.18. The van der Waals surface area contributed by atoms with Crippen molar-refractivity contribution >= 4 is 34.3 Å². The van der Waals surface area contributed by atoms with Gasteiger partial charge in [-0.3, -0.25) is 0 Å². The quantitative estimate of drug-likeness (QED) is 0.444. The third-order valence-corrected chi connectivity index (χ3v) is 3.33. The van der Waals surface area contributed by atoms with E-state index in [0.717, 1.165) is 0 Å². The number of phenolic OH excluding ortho intramolecular Hbond substituents is 2. The Morgan fingerprint density at radius 1 is 0.720 bits per heavy atom. The van der Waals surface area contributed by atoms with Crippen LogP contribution in [0, 0.1) is 0 Å². The lowest BCUT2D eigenvalue weighted by Crippen LogP contribution is -2.03. The van der Waals surface area contributed by atoms with Crippen LogP contribution in [-0.4, -0.2) is 30.5 Å². The van der Waals surface area contributed by atoms with E-state index in [-0.39, 0.29) is 22.8 Å². The molecule has 0 saturated heterocycles. The Kier molecular flexibility index (Phi) is 3.51. The molecule has 4 rings (SSSR count). The van der Waals surface area contributed by atoms with Crippen LogP contribution >= 0.6 is 0 Å². The summed E-state index contributed by atoms with van der Waals surface area (Å²) in [5.74, 6) is 0.948. The van der Waals surface area contributed by atoms with Gasteiger partial charge in [0.15, 0.2) is 11.6 Å². The van der Waals surface area contributed by atoms with E-state index < -0.39 is 0 Å². The topological polar surface area (TPSA) is 129 Å². The highest BCUT2D eigenvalue weighted by Gasteiger charge is 2.13. The summed E-state index contributed by atoms with van der Waals surface area (Å²) < 4.78 is 4.65. The van der Waals surface area contributed by atoms with Gasteiger partial charge in [-0.15, -0.1) is 0 Å². The maximum Gasteiger partial charge on any atom is 0.245 e. The number of benzene rings is 2. The molecule has 0 unspecified atom stereocenters. The smallest absolute Gasteiger partial charge is 0.245 e. The van der Waals surface area contributed by atoms with E-state index in [1.54, 1.807) is 48.5 Å². The number of aromatic hydroxyl groups is 2. The van der Waals surface area contributed by atoms with Gasteiger partial charge in [-0.25, -0.2) is 14.6 Å². The molecule has 124 valence electrons. The molecule has 2 aromatic carbocycles. The van der Waals surface area contributed by atoms with E-state index in [9.17, 15) is 10.2 Å². The number of hydrogen-bond acceptors (Lipinski definition) is 9. The monoisotopic (exact) mass is 336 g/mol. The fourth-order valence-corrected chi connectivity index (χ4v) is 2.25. The average molecular weight is 336 g/mol. The summed E-state index contributed by atoms with van der Waals surface area (Å²) in [5, 5.41) is 32.7. The minimum Gasteiger partial charge on any atom is -0.508 e. The zero-order chi connectivity index (χ0) is 17.2. The molecule has 0 spiro atoms. The van der Waals surface area contributed by atoms with Crippen molar-refractivity contribution < 1.29 is 14.8 Å². The largest absolute Gasteiger partial charge is 0.508 e. The average Bonchev–Trinajstić information content (AvgIpc) is 3.02. The fraction of sp³-hybridized carbons (Fsp3) is 0. The molecule has 0 amide bonds. The molecule has 0 saturated carbocycles. The number of anilines is 4. The number of nitrogens with one attached hydrogen (secondary N) is 2. The Morgan fingerprint density at radius 2 is 1.20 bits per heavy atom. The molecule has 9 nitrogen and oxygen atoms in total. The van der Waals surface area contributed by atoms with Crippen LogP contribution in [0.1, 0.15) is 0 Å². The third-order valence-electron chi connectivity index (χ3n) is 3.33. The summed E-state index contributed by atoms with van der Waals surface area (Å²) in [6.07, 6.45) is 0. The molecule has 9 heteroatoms. The molecule has 0 aliphatic heterocycles. The van der Waals surface area contributed by atoms with Crippen molar-refractivity contribution in [3.05, 3.63) is 48.5 Å². The van der Waals surface area contributed by atoms with Crippen molar-refractivity contribution in [2.75, 3.05) is 10.6 Å². The van der Waals surface area contributed by atoms with Gasteiger partial charge in [-0.05, 0) is 34.6 Å². The van der Waals surface area contributed by atoms with E-state index in [4.69, 9.17) is 0 Å². The lowest BCUT2D eigenvalue weighted by molar-refractivity contribution is 0.314. The fourth-order valence-electron chi connectivity index (χ4n) is 2.25. The first kappa shape index (κ1) is 14.7. The molecule has 2 heterocycles. The highest BCUT2D eigenvalue weighted by Crippen LogP contribution is 2.28. The van der Waals surface area contributed by atoms with Gasteiger partial charge in [0.25, 0.3) is 0 Å². The molecule has 4 aromatic rings. The van der Waals surface area contributed by atoms with Crippen LogP contribution in [0.25, 0.3) is 11.3 Å². The maximum atomic E-state index is 9.61. The molecule has 2 aromatic heterocycles. The lowest BCUT2D eigenvalue weighted by Gasteiger charge is -2.12. The molecule has 0 bridgehead atoms. The third kappa shape index (κ3) is 3.11. The number of aromatic nitrogens is 4. The van der Waals surface area contributed by atoms with Crippen LogP contribution in [0.2, 0.25) is 0 Å². The first-order valence-electron chi connectivity index (χ1n) is 7.30. The molecule has 4 N–H and O–H groups in total. The van der Waals surface area contributed by atoms with Gasteiger partial charge in [0.05, 0.1) is 0 Å².